The molecule has 25 heavy (non-hydrogen) atoms. The minimum Gasteiger partial charge on any atom is -0.467 e. The highest BCUT2D eigenvalue weighted by molar-refractivity contribution is 7.96. The summed E-state index contributed by atoms with van der Waals surface area (Å²) in [7, 11) is -1.01. The van der Waals surface area contributed by atoms with Gasteiger partial charge in [0.25, 0.3) is 10.5 Å². The zero-order chi connectivity index (χ0) is 18.7. The van der Waals surface area contributed by atoms with Crippen LogP contribution in [0.4, 0.5) is 9.59 Å². The number of nitrogens with two attached hydrogens (primary N) is 1. The molecule has 0 bridgehead atoms. The van der Waals surface area contributed by atoms with E-state index in [9.17, 15) is 9.00 Å². The number of carbonyl (C=O) groups excluding carboxylic acids is 2. The molecule has 2 rings (SSSR count). The lowest BCUT2D eigenvalue weighted by Crippen LogP contribution is -2.30. The molecule has 1 atom stereocenters. The highest BCUT2D eigenvalue weighted by Crippen LogP contribution is 2.09. The number of nitrogens with zero attached hydrogens (tertiary/aromatic N) is 1. The van der Waals surface area contributed by atoms with Gasteiger partial charge in [0.05, 0.1) is 12.8 Å². The molecule has 1 aromatic heterocycles. The molecular formula is C16H20N2O4S3. The van der Waals surface area contributed by atoms with Crippen LogP contribution in [0.5, 0.6) is 0 Å². The Balaban J connectivity index is 0.000000705. The van der Waals surface area contributed by atoms with Crippen LogP contribution in [0, 0.1) is 0 Å². The monoisotopic (exact) mass is 400 g/mol. The number of hydrogen-bond donors (Lipinski definition) is 3. The molecular weight excluding hydrogens is 380 g/mol. The number of furan rings is 1. The number of rotatable bonds is 7. The molecule has 136 valence electrons. The summed E-state index contributed by atoms with van der Waals surface area (Å²) >= 11 is 6.96. The molecule has 2 aromatic rings. The van der Waals surface area contributed by atoms with Gasteiger partial charge >= 0.3 is 0 Å². The van der Waals surface area contributed by atoms with Crippen molar-refractivity contribution >= 4 is 46.5 Å². The Labute approximate surface area is 160 Å². The fourth-order valence-electron chi connectivity index (χ4n) is 1.88. The van der Waals surface area contributed by atoms with Crippen LogP contribution in [0.15, 0.2) is 53.1 Å². The van der Waals surface area contributed by atoms with Gasteiger partial charge in [0.1, 0.15) is 5.76 Å². The van der Waals surface area contributed by atoms with E-state index in [1.54, 1.807) is 18.4 Å². The molecule has 0 spiro atoms. The molecule has 0 fully saturated rings. The lowest BCUT2D eigenvalue weighted by molar-refractivity contribution is 0.219. The van der Waals surface area contributed by atoms with Crippen LogP contribution in [-0.2, 0) is 23.1 Å². The van der Waals surface area contributed by atoms with Gasteiger partial charge < -0.3 is 15.1 Å². The molecule has 6 nitrogen and oxygen atoms in total. The first kappa shape index (κ1) is 21.3. The van der Waals surface area contributed by atoms with E-state index in [2.05, 4.69) is 31.0 Å². The van der Waals surface area contributed by atoms with Gasteiger partial charge in [-0.1, -0.05) is 55.6 Å². The maximum Gasteiger partial charge on any atom is 0.278 e. The third kappa shape index (κ3) is 10.0. The van der Waals surface area contributed by atoms with Gasteiger partial charge in [-0.05, 0) is 17.7 Å². The maximum absolute atomic E-state index is 12.1. The van der Waals surface area contributed by atoms with Crippen molar-refractivity contribution in [3.63, 3.8) is 0 Å². The van der Waals surface area contributed by atoms with Crippen molar-refractivity contribution in [2.24, 2.45) is 5.73 Å². The van der Waals surface area contributed by atoms with E-state index in [-0.39, 0.29) is 5.24 Å². The van der Waals surface area contributed by atoms with Crippen LogP contribution in [-0.4, -0.2) is 31.9 Å². The second-order valence-corrected chi connectivity index (χ2v) is 7.30. The first-order valence-electron chi connectivity index (χ1n) is 7.26. The molecule has 1 heterocycles. The van der Waals surface area contributed by atoms with Crippen LogP contribution < -0.4 is 5.73 Å². The summed E-state index contributed by atoms with van der Waals surface area (Å²) < 4.78 is 17.3. The normalized spacial score (nSPS) is 11.1. The van der Waals surface area contributed by atoms with Gasteiger partial charge in [-0.2, -0.15) is 0 Å². The third-order valence-electron chi connectivity index (χ3n) is 2.96. The number of hydrogen-bond acceptors (Lipinski definition) is 4. The minimum atomic E-state index is -1.01. The van der Waals surface area contributed by atoms with E-state index in [0.717, 1.165) is 5.56 Å². The summed E-state index contributed by atoms with van der Waals surface area (Å²) in [6.07, 6.45) is 1.56. The molecule has 1 aromatic carbocycles. The highest BCUT2D eigenvalue weighted by atomic mass is 32.2. The van der Waals surface area contributed by atoms with E-state index in [0.29, 0.717) is 30.4 Å². The van der Waals surface area contributed by atoms with Crippen LogP contribution in [0.1, 0.15) is 11.3 Å². The molecule has 0 aliphatic carbocycles. The minimum absolute atomic E-state index is 0.344. The van der Waals surface area contributed by atoms with Crippen LogP contribution >= 0.6 is 25.3 Å². The van der Waals surface area contributed by atoms with Crippen molar-refractivity contribution in [2.75, 3.05) is 12.3 Å². The summed E-state index contributed by atoms with van der Waals surface area (Å²) in [6, 6.07) is 13.2. The van der Waals surface area contributed by atoms with Crippen LogP contribution in [0.25, 0.3) is 0 Å². The highest BCUT2D eigenvalue weighted by Gasteiger charge is 2.13. The summed E-state index contributed by atoms with van der Waals surface area (Å²) in [5.74, 6) is 1.60. The van der Waals surface area contributed by atoms with Gasteiger partial charge in [0.15, 0.2) is 0 Å². The van der Waals surface area contributed by atoms with Gasteiger partial charge in [-0.25, -0.2) is 0 Å². The molecule has 0 aliphatic rings. The average Bonchev–Trinajstić information content (AvgIpc) is 3.04. The van der Waals surface area contributed by atoms with Gasteiger partial charge in [0.2, 0.25) is 0 Å². The Morgan fingerprint density at radius 2 is 1.76 bits per heavy atom. The first-order chi connectivity index (χ1) is 11.9. The predicted molar refractivity (Wildman–Crippen MR) is 105 cm³/mol. The standard InChI is InChI=1S/C15H17NO3S2.CH3NOS/c17-15(20)16(11-14-7-4-9-19-14)8-10-21(18)12-13-5-2-1-3-6-13;2-1(3)4/h1-7,9H,8,10-12H2,(H,17,20);(H3,2,3,4). The smallest absolute Gasteiger partial charge is 0.278 e. The van der Waals surface area contributed by atoms with Crippen molar-refractivity contribution in [2.45, 2.75) is 12.3 Å². The Morgan fingerprint density at radius 3 is 2.28 bits per heavy atom. The lowest BCUT2D eigenvalue weighted by Gasteiger charge is -2.18. The van der Waals surface area contributed by atoms with Crippen molar-refractivity contribution in [1.29, 1.82) is 0 Å². The quantitative estimate of drug-likeness (QED) is 0.623. The van der Waals surface area contributed by atoms with Gasteiger partial charge in [0, 0.05) is 28.9 Å². The summed E-state index contributed by atoms with van der Waals surface area (Å²) in [4.78, 5) is 22.1. The SMILES string of the molecule is NC(=O)S.O=C(S)N(CCS(=O)Cc1ccccc1)Cc1ccco1. The molecule has 1 unspecified atom stereocenters. The van der Waals surface area contributed by atoms with Gasteiger partial charge in [-0.15, -0.1) is 0 Å². The van der Waals surface area contributed by atoms with E-state index in [1.165, 1.54) is 4.90 Å². The summed E-state index contributed by atoms with van der Waals surface area (Å²) in [5.41, 5.74) is 5.37. The number of primary amides is 1. The van der Waals surface area contributed by atoms with Crippen molar-refractivity contribution < 1.29 is 18.2 Å². The fourth-order valence-corrected chi connectivity index (χ4v) is 3.18. The van der Waals surface area contributed by atoms with E-state index in [4.69, 9.17) is 9.21 Å². The lowest BCUT2D eigenvalue weighted by atomic mass is 10.2. The summed E-state index contributed by atoms with van der Waals surface area (Å²) in [5, 5.41) is -0.983. The Morgan fingerprint density at radius 1 is 1.12 bits per heavy atom. The number of thiol groups is 2. The summed E-state index contributed by atoms with van der Waals surface area (Å²) in [6.45, 7) is 0.736. The molecule has 0 saturated heterocycles. The van der Waals surface area contributed by atoms with Crippen molar-refractivity contribution in [1.82, 2.24) is 4.90 Å². The van der Waals surface area contributed by atoms with Crippen LogP contribution in [0.3, 0.4) is 0 Å². The zero-order valence-electron chi connectivity index (χ0n) is 13.4. The molecule has 0 aliphatic heterocycles. The van der Waals surface area contributed by atoms with E-state index in [1.807, 2.05) is 30.3 Å². The van der Waals surface area contributed by atoms with E-state index < -0.39 is 16.0 Å². The zero-order valence-corrected chi connectivity index (χ0v) is 16.0. The first-order valence-corrected chi connectivity index (χ1v) is 9.64. The Kier molecular flexibility index (Phi) is 10.0. The largest absolute Gasteiger partial charge is 0.467 e. The molecule has 9 heteroatoms. The molecule has 2 N–H and O–H groups in total. The second kappa shape index (κ2) is 11.8. The number of amides is 2. The van der Waals surface area contributed by atoms with Crippen LogP contribution in [0.2, 0.25) is 0 Å². The molecule has 0 radical (unpaired) electrons. The third-order valence-corrected chi connectivity index (χ3v) is 4.53. The Hall–Kier alpha value is -1.71. The maximum atomic E-state index is 12.1. The topological polar surface area (TPSA) is 93.6 Å². The number of carbonyl (C=O) groups is 2. The predicted octanol–water partition coefficient (Wildman–Crippen LogP) is 3.08. The van der Waals surface area contributed by atoms with E-state index >= 15 is 0 Å². The fraction of sp³-hybridized carbons (Fsp3) is 0.250. The average molecular weight is 401 g/mol. The number of benzene rings is 1. The Bertz CT molecular complexity index is 674. The van der Waals surface area contributed by atoms with Crippen molar-refractivity contribution in [3.8, 4) is 0 Å². The van der Waals surface area contributed by atoms with Crippen molar-refractivity contribution in [3.05, 3.63) is 60.1 Å². The van der Waals surface area contributed by atoms with Gasteiger partial charge in [-0.3, -0.25) is 13.8 Å². The molecule has 0 saturated carbocycles. The molecule has 2 amide bonds. The second-order valence-electron chi connectivity index (χ2n) is 4.90.